The Balaban J connectivity index is 1.55. The van der Waals surface area contributed by atoms with Gasteiger partial charge in [-0.2, -0.15) is 13.2 Å². The van der Waals surface area contributed by atoms with Crippen LogP contribution in [-0.2, 0) is 28.9 Å². The maximum absolute atomic E-state index is 13.6. The number of nitrogens with zero attached hydrogens (tertiary/aromatic N) is 3. The number of nitrogens with two attached hydrogens (primary N) is 1. The van der Waals surface area contributed by atoms with Gasteiger partial charge in [0.1, 0.15) is 12.2 Å². The van der Waals surface area contributed by atoms with Crippen molar-refractivity contribution in [1.29, 1.82) is 0 Å². The van der Waals surface area contributed by atoms with Gasteiger partial charge in [0.05, 0.1) is 12.1 Å². The van der Waals surface area contributed by atoms with Crippen LogP contribution in [0.25, 0.3) is 0 Å². The van der Waals surface area contributed by atoms with Gasteiger partial charge in [-0.05, 0) is 68.1 Å². The second-order valence-corrected chi connectivity index (χ2v) is 10.7. The smallest absolute Gasteiger partial charge is 0.334 e. The van der Waals surface area contributed by atoms with Gasteiger partial charge in [0.2, 0.25) is 11.8 Å². The summed E-state index contributed by atoms with van der Waals surface area (Å²) in [4.78, 5) is 44.7. The topological polar surface area (TPSA) is 99.0 Å². The number of unbranched alkanes of at least 4 members (excludes halogenated alkanes) is 1. The summed E-state index contributed by atoms with van der Waals surface area (Å²) in [5.74, 6) is -0.405. The summed E-state index contributed by atoms with van der Waals surface area (Å²) >= 11 is 6.01. The molecule has 2 atom stereocenters. The van der Waals surface area contributed by atoms with Crippen molar-refractivity contribution < 1.29 is 27.6 Å². The van der Waals surface area contributed by atoms with Gasteiger partial charge < -0.3 is 25.8 Å². The Morgan fingerprint density at radius 3 is 2.50 bits per heavy atom. The molecule has 8 nitrogen and oxygen atoms in total. The third-order valence-electron chi connectivity index (χ3n) is 7.24. The molecular formula is C28H33ClF3N5O3. The fourth-order valence-corrected chi connectivity index (χ4v) is 5.46. The Kier molecular flexibility index (Phi) is 9.25. The van der Waals surface area contributed by atoms with E-state index < -0.39 is 30.0 Å². The van der Waals surface area contributed by atoms with Crippen molar-refractivity contribution in [2.75, 3.05) is 19.6 Å². The lowest BCUT2D eigenvalue weighted by Gasteiger charge is -2.52. The first-order valence-corrected chi connectivity index (χ1v) is 13.6. The lowest BCUT2D eigenvalue weighted by Crippen LogP contribution is -2.71. The van der Waals surface area contributed by atoms with E-state index in [0.717, 1.165) is 17.7 Å². The molecule has 2 aliphatic heterocycles. The van der Waals surface area contributed by atoms with E-state index in [9.17, 15) is 27.6 Å². The van der Waals surface area contributed by atoms with Crippen LogP contribution in [0.15, 0.2) is 42.5 Å². The van der Waals surface area contributed by atoms with Crippen molar-refractivity contribution in [3.63, 3.8) is 0 Å². The lowest BCUT2D eigenvalue weighted by atomic mass is 9.98. The van der Waals surface area contributed by atoms with Gasteiger partial charge >= 0.3 is 12.2 Å². The van der Waals surface area contributed by atoms with Crippen LogP contribution in [-0.4, -0.2) is 64.4 Å². The molecule has 0 aliphatic carbocycles. The summed E-state index contributed by atoms with van der Waals surface area (Å²) in [6.07, 6.45) is -3.43. The summed E-state index contributed by atoms with van der Waals surface area (Å²) in [5, 5.41) is 3.28. The maximum atomic E-state index is 13.6. The third-order valence-corrected chi connectivity index (χ3v) is 7.49. The Bertz CT molecular complexity index is 1240. The molecule has 0 spiro atoms. The minimum atomic E-state index is -4.50. The number of rotatable bonds is 8. The molecule has 4 amide bonds. The van der Waals surface area contributed by atoms with Crippen LogP contribution in [0.4, 0.5) is 18.0 Å². The van der Waals surface area contributed by atoms with E-state index in [1.165, 1.54) is 9.80 Å². The number of hydrogen-bond donors (Lipinski definition) is 2. The number of nitrogens with one attached hydrogen (secondary N) is 1. The van der Waals surface area contributed by atoms with Crippen molar-refractivity contribution in [2.24, 2.45) is 5.73 Å². The van der Waals surface area contributed by atoms with Gasteiger partial charge in [0.25, 0.3) is 0 Å². The number of urea groups is 1. The quantitative estimate of drug-likeness (QED) is 0.456. The van der Waals surface area contributed by atoms with Crippen molar-refractivity contribution >= 4 is 29.4 Å². The molecule has 0 aromatic heterocycles. The fraction of sp³-hybridized carbons (Fsp3) is 0.464. The van der Waals surface area contributed by atoms with Crippen molar-refractivity contribution in [3.05, 3.63) is 69.7 Å². The van der Waals surface area contributed by atoms with Crippen LogP contribution < -0.4 is 11.1 Å². The highest BCUT2D eigenvalue weighted by atomic mass is 35.5. The maximum Gasteiger partial charge on any atom is 0.416 e. The zero-order valence-corrected chi connectivity index (χ0v) is 23.0. The highest BCUT2D eigenvalue weighted by Gasteiger charge is 2.48. The SMILES string of the molecule is Cc1cc(CNC(=O)N2CCC(=O)N3[C@@H]2CN(Cc2ccc(Cl)cc2)C(=O)[C@@H]3CCCCN)cc(C(F)(F)F)c1. The van der Waals surface area contributed by atoms with E-state index in [1.54, 1.807) is 30.0 Å². The molecule has 216 valence electrons. The number of carbonyl (C=O) groups excluding carboxylic acids is 3. The number of halogens is 4. The highest BCUT2D eigenvalue weighted by Crippen LogP contribution is 2.31. The van der Waals surface area contributed by atoms with Crippen molar-refractivity contribution in [2.45, 2.75) is 64.1 Å². The van der Waals surface area contributed by atoms with E-state index in [4.69, 9.17) is 17.3 Å². The number of fused-ring (bicyclic) bond motifs is 1. The molecule has 40 heavy (non-hydrogen) atoms. The van der Waals surface area contributed by atoms with Crippen molar-refractivity contribution in [1.82, 2.24) is 20.0 Å². The van der Waals surface area contributed by atoms with Crippen LogP contribution in [0.1, 0.15) is 47.9 Å². The summed E-state index contributed by atoms with van der Waals surface area (Å²) < 4.78 is 39.8. The van der Waals surface area contributed by atoms with E-state index in [0.29, 0.717) is 42.0 Å². The third kappa shape index (κ3) is 6.87. The van der Waals surface area contributed by atoms with Gasteiger partial charge in [-0.3, -0.25) is 9.59 Å². The standard InChI is InChI=1S/C28H33ClF3N5O3/c1-18-12-20(14-21(13-18)28(30,31)32)15-34-27(40)36-11-9-25(38)37-23(4-2-3-10-33)26(39)35(17-24(36)37)16-19-5-7-22(29)8-6-19/h5-8,12-14,23-24H,2-4,9-11,15-17,33H2,1H3,(H,34,40)/t23-,24+/m0/s1. The van der Waals surface area contributed by atoms with E-state index >= 15 is 0 Å². The molecule has 0 radical (unpaired) electrons. The second-order valence-electron chi connectivity index (χ2n) is 10.2. The van der Waals surface area contributed by atoms with Crippen molar-refractivity contribution in [3.8, 4) is 0 Å². The van der Waals surface area contributed by atoms with Gasteiger partial charge in [-0.25, -0.2) is 4.79 Å². The molecule has 2 heterocycles. The van der Waals surface area contributed by atoms with Crippen LogP contribution >= 0.6 is 11.6 Å². The fourth-order valence-electron chi connectivity index (χ4n) is 5.34. The largest absolute Gasteiger partial charge is 0.416 e. The minimum Gasteiger partial charge on any atom is -0.334 e. The molecule has 0 unspecified atom stereocenters. The van der Waals surface area contributed by atoms with Gasteiger partial charge in [0, 0.05) is 31.1 Å². The zero-order valence-electron chi connectivity index (χ0n) is 22.2. The first-order chi connectivity index (χ1) is 19.0. The second kappa shape index (κ2) is 12.5. The molecule has 4 rings (SSSR count). The summed E-state index contributed by atoms with van der Waals surface area (Å²) in [6, 6.07) is 9.50. The normalized spacial score (nSPS) is 19.6. The molecule has 2 aromatic rings. The first-order valence-electron chi connectivity index (χ1n) is 13.2. The highest BCUT2D eigenvalue weighted by molar-refractivity contribution is 6.30. The van der Waals surface area contributed by atoms with Crippen LogP contribution in [0.3, 0.4) is 0 Å². The van der Waals surface area contributed by atoms with E-state index in [2.05, 4.69) is 5.32 Å². The van der Waals surface area contributed by atoms with Gasteiger partial charge in [-0.15, -0.1) is 0 Å². The molecule has 2 fully saturated rings. The number of amides is 4. The Morgan fingerprint density at radius 2 is 1.82 bits per heavy atom. The number of piperazine rings is 1. The molecule has 0 bridgehead atoms. The Hall–Kier alpha value is -3.31. The van der Waals surface area contributed by atoms with E-state index in [-0.39, 0.29) is 44.4 Å². The molecular weight excluding hydrogens is 547 g/mol. The predicted octanol–water partition coefficient (Wildman–Crippen LogP) is 4.28. The molecule has 2 saturated heterocycles. The summed E-state index contributed by atoms with van der Waals surface area (Å²) in [7, 11) is 0. The number of hydrogen-bond acceptors (Lipinski definition) is 4. The monoisotopic (exact) mass is 579 g/mol. The predicted molar refractivity (Wildman–Crippen MR) is 144 cm³/mol. The molecule has 2 aliphatic rings. The van der Waals surface area contributed by atoms with Crippen LogP contribution in [0, 0.1) is 6.92 Å². The van der Waals surface area contributed by atoms with Crippen LogP contribution in [0.2, 0.25) is 5.02 Å². The van der Waals surface area contributed by atoms with Gasteiger partial charge in [0.15, 0.2) is 0 Å². The zero-order chi connectivity index (χ0) is 29.0. The number of carbonyl (C=O) groups is 3. The molecule has 2 aromatic carbocycles. The molecule has 12 heteroatoms. The number of benzene rings is 2. The van der Waals surface area contributed by atoms with E-state index in [1.807, 2.05) is 12.1 Å². The molecule has 3 N–H and O–H groups in total. The van der Waals surface area contributed by atoms with Crippen LogP contribution in [0.5, 0.6) is 0 Å². The Labute approximate surface area is 236 Å². The summed E-state index contributed by atoms with van der Waals surface area (Å²) in [5.41, 5.74) is 6.47. The average molecular weight is 580 g/mol. The first kappa shape index (κ1) is 29.7. The van der Waals surface area contributed by atoms with Gasteiger partial charge in [-0.1, -0.05) is 35.4 Å². The number of aryl methyl sites for hydroxylation is 1. The Morgan fingerprint density at radius 1 is 1.10 bits per heavy atom. The number of alkyl halides is 3. The summed E-state index contributed by atoms with van der Waals surface area (Å²) in [6.45, 7) is 2.42. The average Bonchev–Trinajstić information content (AvgIpc) is 2.90. The molecule has 0 saturated carbocycles. The minimum absolute atomic E-state index is 0.0461. The lowest BCUT2D eigenvalue weighted by molar-refractivity contribution is -0.167.